The van der Waals surface area contributed by atoms with Crippen LogP contribution in [-0.2, 0) is 0 Å². The van der Waals surface area contributed by atoms with E-state index in [-0.39, 0.29) is 5.54 Å². The minimum absolute atomic E-state index is 0.0163. The predicted molar refractivity (Wildman–Crippen MR) is 52.4 cm³/mol. The molecule has 1 heterocycles. The molecule has 0 aliphatic heterocycles. The van der Waals surface area contributed by atoms with E-state index in [1.165, 1.54) is 0 Å². The van der Waals surface area contributed by atoms with Gasteiger partial charge >= 0.3 is 0 Å². The number of hydroxylamine groups is 2. The molecule has 0 amide bonds. The zero-order chi connectivity index (χ0) is 9.90. The zero-order valence-electron chi connectivity index (χ0n) is 8.61. The van der Waals surface area contributed by atoms with Crippen LogP contribution in [0, 0.1) is 0 Å². The van der Waals surface area contributed by atoms with Crippen LogP contribution in [0.5, 0.6) is 5.88 Å². The highest BCUT2D eigenvalue weighted by Crippen LogP contribution is 2.13. The number of pyridine rings is 1. The molecule has 0 N–H and O–H groups in total. The Balaban J connectivity index is 2.61. The van der Waals surface area contributed by atoms with Crippen LogP contribution in [0.3, 0.4) is 0 Å². The van der Waals surface area contributed by atoms with E-state index >= 15 is 0 Å². The van der Waals surface area contributed by atoms with Gasteiger partial charge in [0.15, 0.2) is 0 Å². The fourth-order valence-electron chi connectivity index (χ4n) is 0.678. The van der Waals surface area contributed by atoms with Crippen molar-refractivity contribution in [3.05, 3.63) is 24.4 Å². The Labute approximate surface area is 79.3 Å². The molecule has 0 saturated heterocycles. The van der Waals surface area contributed by atoms with Crippen molar-refractivity contribution in [3.8, 4) is 5.88 Å². The van der Waals surface area contributed by atoms with E-state index in [0.717, 1.165) is 0 Å². The molecular weight excluding hydrogens is 164 g/mol. The molecule has 0 unspecified atom stereocenters. The van der Waals surface area contributed by atoms with Gasteiger partial charge in [-0.05, 0) is 26.8 Å². The lowest BCUT2D eigenvalue weighted by Crippen LogP contribution is -2.40. The van der Waals surface area contributed by atoms with Crippen molar-refractivity contribution in [2.75, 3.05) is 7.05 Å². The van der Waals surface area contributed by atoms with Crippen molar-refractivity contribution < 1.29 is 4.84 Å². The first-order valence-electron chi connectivity index (χ1n) is 4.33. The van der Waals surface area contributed by atoms with Crippen molar-refractivity contribution >= 4 is 0 Å². The molecule has 0 saturated carbocycles. The Morgan fingerprint density at radius 2 is 2.00 bits per heavy atom. The summed E-state index contributed by atoms with van der Waals surface area (Å²) in [5.74, 6) is 0.625. The largest absolute Gasteiger partial charge is 0.385 e. The van der Waals surface area contributed by atoms with Gasteiger partial charge in [-0.3, -0.25) is 0 Å². The van der Waals surface area contributed by atoms with Crippen LogP contribution in [-0.4, -0.2) is 22.6 Å². The molecule has 72 valence electrons. The summed E-state index contributed by atoms with van der Waals surface area (Å²) in [6, 6.07) is 5.60. The normalized spacial score (nSPS) is 11.8. The number of rotatable bonds is 2. The van der Waals surface area contributed by atoms with Crippen molar-refractivity contribution in [2.45, 2.75) is 26.3 Å². The third-order valence-electron chi connectivity index (χ3n) is 1.81. The molecule has 3 nitrogen and oxygen atoms in total. The second-order valence-electron chi connectivity index (χ2n) is 3.93. The number of nitrogens with zero attached hydrogens (tertiary/aromatic N) is 2. The second kappa shape index (κ2) is 3.75. The first kappa shape index (κ1) is 9.99. The van der Waals surface area contributed by atoms with Gasteiger partial charge in [0.05, 0.1) is 0 Å². The van der Waals surface area contributed by atoms with E-state index in [9.17, 15) is 0 Å². The summed E-state index contributed by atoms with van der Waals surface area (Å²) in [6.45, 7) is 6.24. The van der Waals surface area contributed by atoms with Crippen LogP contribution in [0.25, 0.3) is 0 Å². The molecule has 1 aromatic rings. The first-order chi connectivity index (χ1) is 6.00. The van der Waals surface area contributed by atoms with E-state index in [0.29, 0.717) is 5.88 Å². The van der Waals surface area contributed by atoms with Gasteiger partial charge in [0, 0.05) is 24.8 Å². The maximum atomic E-state index is 5.50. The SMILES string of the molecule is CN(Oc1ccccn1)C(C)(C)C. The summed E-state index contributed by atoms with van der Waals surface area (Å²) >= 11 is 0. The molecule has 0 aliphatic carbocycles. The van der Waals surface area contributed by atoms with Crippen LogP contribution >= 0.6 is 0 Å². The molecule has 13 heavy (non-hydrogen) atoms. The highest BCUT2D eigenvalue weighted by atomic mass is 16.7. The summed E-state index contributed by atoms with van der Waals surface area (Å²) in [5, 5.41) is 1.79. The Kier molecular flexibility index (Phi) is 2.88. The maximum Gasteiger partial charge on any atom is 0.238 e. The Hall–Kier alpha value is -1.09. The van der Waals surface area contributed by atoms with Crippen LogP contribution in [0.15, 0.2) is 24.4 Å². The summed E-state index contributed by atoms with van der Waals surface area (Å²) in [6.07, 6.45) is 1.71. The predicted octanol–water partition coefficient (Wildman–Crippen LogP) is 2.11. The van der Waals surface area contributed by atoms with Gasteiger partial charge in [0.1, 0.15) is 0 Å². The first-order valence-corrected chi connectivity index (χ1v) is 4.33. The lowest BCUT2D eigenvalue weighted by Gasteiger charge is -2.30. The smallest absolute Gasteiger partial charge is 0.238 e. The molecule has 0 radical (unpaired) electrons. The quantitative estimate of drug-likeness (QED) is 0.652. The molecule has 0 aliphatic rings. The molecule has 1 aromatic heterocycles. The monoisotopic (exact) mass is 180 g/mol. The van der Waals surface area contributed by atoms with Gasteiger partial charge in [-0.25, -0.2) is 4.98 Å². The third kappa shape index (κ3) is 3.03. The van der Waals surface area contributed by atoms with Crippen molar-refractivity contribution in [2.24, 2.45) is 0 Å². The Bertz CT molecular complexity index is 253. The molecule has 0 atom stereocenters. The van der Waals surface area contributed by atoms with Crippen LogP contribution in [0.1, 0.15) is 20.8 Å². The van der Waals surface area contributed by atoms with Crippen LogP contribution in [0.4, 0.5) is 0 Å². The Morgan fingerprint density at radius 3 is 2.46 bits per heavy atom. The van der Waals surface area contributed by atoms with Gasteiger partial charge in [0.2, 0.25) is 5.88 Å². The van der Waals surface area contributed by atoms with E-state index in [1.807, 2.05) is 25.2 Å². The lowest BCUT2D eigenvalue weighted by molar-refractivity contribution is -0.105. The summed E-state index contributed by atoms with van der Waals surface area (Å²) in [5.41, 5.74) is -0.0163. The van der Waals surface area contributed by atoms with E-state index in [2.05, 4.69) is 25.8 Å². The molecular formula is C10H16N2O. The molecule has 1 rings (SSSR count). The van der Waals surface area contributed by atoms with Gasteiger partial charge in [-0.1, -0.05) is 6.07 Å². The lowest BCUT2D eigenvalue weighted by atomic mass is 10.1. The van der Waals surface area contributed by atoms with Gasteiger partial charge in [0.25, 0.3) is 0 Å². The number of hydrogen-bond donors (Lipinski definition) is 0. The molecule has 0 bridgehead atoms. The van der Waals surface area contributed by atoms with Gasteiger partial charge in [-0.2, -0.15) is 0 Å². The summed E-state index contributed by atoms with van der Waals surface area (Å²) in [7, 11) is 1.90. The van der Waals surface area contributed by atoms with E-state index < -0.39 is 0 Å². The topological polar surface area (TPSA) is 25.4 Å². The van der Waals surface area contributed by atoms with Gasteiger partial charge in [-0.15, -0.1) is 5.06 Å². The van der Waals surface area contributed by atoms with Crippen molar-refractivity contribution in [1.29, 1.82) is 0 Å². The van der Waals surface area contributed by atoms with Gasteiger partial charge < -0.3 is 4.84 Å². The van der Waals surface area contributed by atoms with Crippen molar-refractivity contribution in [3.63, 3.8) is 0 Å². The number of hydrogen-bond acceptors (Lipinski definition) is 3. The zero-order valence-corrected chi connectivity index (χ0v) is 8.61. The van der Waals surface area contributed by atoms with E-state index in [1.54, 1.807) is 11.3 Å². The molecule has 3 heteroatoms. The molecule has 0 fully saturated rings. The highest BCUT2D eigenvalue weighted by molar-refractivity contribution is 5.08. The standard InChI is InChI=1S/C10H16N2O/c1-10(2,3)12(4)13-9-7-5-6-8-11-9/h5-8H,1-4H3. The number of aromatic nitrogens is 1. The molecule has 0 spiro atoms. The average Bonchev–Trinajstić information content (AvgIpc) is 2.04. The molecule has 0 aromatic carbocycles. The maximum absolute atomic E-state index is 5.50. The van der Waals surface area contributed by atoms with Crippen LogP contribution < -0.4 is 4.84 Å². The average molecular weight is 180 g/mol. The van der Waals surface area contributed by atoms with Crippen molar-refractivity contribution in [1.82, 2.24) is 10.0 Å². The Morgan fingerprint density at radius 1 is 1.31 bits per heavy atom. The fraction of sp³-hybridized carbons (Fsp3) is 0.500. The second-order valence-corrected chi connectivity index (χ2v) is 3.93. The fourth-order valence-corrected chi connectivity index (χ4v) is 0.678. The minimum atomic E-state index is -0.0163. The third-order valence-corrected chi connectivity index (χ3v) is 1.81. The van der Waals surface area contributed by atoms with E-state index in [4.69, 9.17) is 4.84 Å². The summed E-state index contributed by atoms with van der Waals surface area (Å²) < 4.78 is 0. The van der Waals surface area contributed by atoms with Crippen LogP contribution in [0.2, 0.25) is 0 Å². The minimum Gasteiger partial charge on any atom is -0.385 e. The summed E-state index contributed by atoms with van der Waals surface area (Å²) in [4.78, 5) is 9.57. The highest BCUT2D eigenvalue weighted by Gasteiger charge is 2.18.